The third kappa shape index (κ3) is 8.31. The molecule has 0 aliphatic heterocycles. The highest BCUT2D eigenvalue weighted by Crippen LogP contribution is 2.27. The standard InChI is InChI=1S/C32H40FN3O5S/c1-6-30(32(38)34-20-23(3)4)35(21-25-11-9-8-10-24(25)5)31(37)22-36(27-14-12-26(33)13-15-27)42(39,40)29-18-16-28(17-19-29)41-7-2/h8-19,23,30H,6-7,20-22H2,1-5H3,(H,34,38). The van der Waals surface area contributed by atoms with E-state index in [9.17, 15) is 22.4 Å². The van der Waals surface area contributed by atoms with Crippen LogP contribution in [0.5, 0.6) is 5.75 Å². The molecule has 3 aromatic rings. The molecule has 1 N–H and O–H groups in total. The van der Waals surface area contributed by atoms with Gasteiger partial charge < -0.3 is 15.0 Å². The summed E-state index contributed by atoms with van der Waals surface area (Å²) < 4.78 is 48.1. The van der Waals surface area contributed by atoms with Crippen LogP contribution in [0.25, 0.3) is 0 Å². The second kappa shape index (κ2) is 14.8. The lowest BCUT2D eigenvalue weighted by Gasteiger charge is -2.33. The molecule has 0 aliphatic rings. The number of sulfonamides is 1. The Bertz CT molecular complexity index is 1440. The molecular formula is C32H40FN3O5S. The van der Waals surface area contributed by atoms with Gasteiger partial charge in [0.2, 0.25) is 11.8 Å². The van der Waals surface area contributed by atoms with Crippen molar-refractivity contribution in [3.05, 3.63) is 89.7 Å². The minimum atomic E-state index is -4.28. The molecule has 1 atom stereocenters. The second-order valence-electron chi connectivity index (χ2n) is 10.4. The van der Waals surface area contributed by atoms with Crippen LogP contribution in [-0.2, 0) is 26.2 Å². The van der Waals surface area contributed by atoms with Crippen molar-refractivity contribution in [3.8, 4) is 5.75 Å². The monoisotopic (exact) mass is 597 g/mol. The summed E-state index contributed by atoms with van der Waals surface area (Å²) >= 11 is 0. The normalized spacial score (nSPS) is 12.1. The Morgan fingerprint density at radius 3 is 2.17 bits per heavy atom. The number of aryl methyl sites for hydroxylation is 1. The molecule has 42 heavy (non-hydrogen) atoms. The van der Waals surface area contributed by atoms with Crippen LogP contribution in [-0.4, -0.2) is 50.9 Å². The molecule has 0 spiro atoms. The smallest absolute Gasteiger partial charge is 0.264 e. The molecule has 0 bridgehead atoms. The van der Waals surface area contributed by atoms with Gasteiger partial charge >= 0.3 is 0 Å². The predicted octanol–water partition coefficient (Wildman–Crippen LogP) is 5.31. The average Bonchev–Trinajstić information content (AvgIpc) is 2.96. The van der Waals surface area contributed by atoms with Crippen LogP contribution in [0.15, 0.2) is 77.7 Å². The van der Waals surface area contributed by atoms with Crippen molar-refractivity contribution in [1.82, 2.24) is 10.2 Å². The fraction of sp³-hybridized carbons (Fsp3) is 0.375. The van der Waals surface area contributed by atoms with Crippen molar-refractivity contribution in [2.75, 3.05) is 24.0 Å². The van der Waals surface area contributed by atoms with Gasteiger partial charge in [-0.1, -0.05) is 45.0 Å². The fourth-order valence-corrected chi connectivity index (χ4v) is 5.87. The average molecular weight is 598 g/mol. The molecule has 0 saturated carbocycles. The number of carbonyl (C=O) groups is 2. The van der Waals surface area contributed by atoms with E-state index in [0.717, 1.165) is 27.6 Å². The molecule has 0 aliphatic carbocycles. The topological polar surface area (TPSA) is 96.0 Å². The molecule has 8 nitrogen and oxygen atoms in total. The summed E-state index contributed by atoms with van der Waals surface area (Å²) in [5, 5.41) is 2.91. The van der Waals surface area contributed by atoms with E-state index >= 15 is 0 Å². The Hall–Kier alpha value is -3.92. The Balaban J connectivity index is 2.04. The highest BCUT2D eigenvalue weighted by molar-refractivity contribution is 7.92. The van der Waals surface area contributed by atoms with Crippen molar-refractivity contribution in [1.29, 1.82) is 0 Å². The van der Waals surface area contributed by atoms with Crippen molar-refractivity contribution in [2.45, 2.75) is 58.5 Å². The number of benzene rings is 3. The third-order valence-corrected chi connectivity index (χ3v) is 8.58. The van der Waals surface area contributed by atoms with E-state index in [4.69, 9.17) is 4.74 Å². The zero-order valence-corrected chi connectivity index (χ0v) is 25.7. The first-order valence-corrected chi connectivity index (χ1v) is 15.5. The zero-order chi connectivity index (χ0) is 30.9. The number of amides is 2. The van der Waals surface area contributed by atoms with Crippen LogP contribution in [0.3, 0.4) is 0 Å². The van der Waals surface area contributed by atoms with E-state index in [-0.39, 0.29) is 29.0 Å². The number of ether oxygens (including phenoxy) is 1. The number of rotatable bonds is 14. The Labute approximate surface area is 248 Å². The van der Waals surface area contributed by atoms with Crippen LogP contribution in [0.1, 0.15) is 45.2 Å². The van der Waals surface area contributed by atoms with Crippen LogP contribution >= 0.6 is 0 Å². The first-order chi connectivity index (χ1) is 20.0. The molecule has 0 saturated heterocycles. The molecular weight excluding hydrogens is 557 g/mol. The first kappa shape index (κ1) is 32.6. The van der Waals surface area contributed by atoms with Crippen molar-refractivity contribution in [2.24, 2.45) is 5.92 Å². The zero-order valence-electron chi connectivity index (χ0n) is 24.8. The number of halogens is 1. The predicted molar refractivity (Wildman–Crippen MR) is 162 cm³/mol. The van der Waals surface area contributed by atoms with E-state index in [1.165, 1.54) is 41.3 Å². The summed E-state index contributed by atoms with van der Waals surface area (Å²) in [6, 6.07) is 17.5. The molecule has 10 heteroatoms. The lowest BCUT2D eigenvalue weighted by molar-refractivity contribution is -0.140. The van der Waals surface area contributed by atoms with Crippen LogP contribution in [0.4, 0.5) is 10.1 Å². The van der Waals surface area contributed by atoms with E-state index in [0.29, 0.717) is 25.3 Å². The Morgan fingerprint density at radius 1 is 0.952 bits per heavy atom. The molecule has 2 amide bonds. The van der Waals surface area contributed by atoms with E-state index in [1.54, 1.807) is 0 Å². The number of anilines is 1. The largest absolute Gasteiger partial charge is 0.494 e. The van der Waals surface area contributed by atoms with Crippen molar-refractivity contribution < 1.29 is 27.1 Å². The van der Waals surface area contributed by atoms with Crippen LogP contribution in [0, 0.1) is 18.7 Å². The van der Waals surface area contributed by atoms with Gasteiger partial charge in [0.15, 0.2) is 0 Å². The van der Waals surface area contributed by atoms with Gasteiger partial charge in [-0.15, -0.1) is 0 Å². The molecule has 0 radical (unpaired) electrons. The SMILES string of the molecule is CCOc1ccc(S(=O)(=O)N(CC(=O)N(Cc2ccccc2C)C(CC)C(=O)NCC(C)C)c2ccc(F)cc2)cc1. The van der Waals surface area contributed by atoms with Gasteiger partial charge in [0.05, 0.1) is 17.2 Å². The molecule has 0 heterocycles. The molecule has 1 unspecified atom stereocenters. The number of hydrogen-bond donors (Lipinski definition) is 1. The summed E-state index contributed by atoms with van der Waals surface area (Å²) in [7, 11) is -4.28. The molecule has 3 rings (SSSR count). The number of carbonyl (C=O) groups excluding carboxylic acids is 2. The fourth-order valence-electron chi connectivity index (χ4n) is 4.45. The highest BCUT2D eigenvalue weighted by Gasteiger charge is 2.34. The maximum atomic E-state index is 14.1. The van der Waals surface area contributed by atoms with Gasteiger partial charge in [-0.05, 0) is 85.8 Å². The number of nitrogens with zero attached hydrogens (tertiary/aromatic N) is 2. The highest BCUT2D eigenvalue weighted by atomic mass is 32.2. The van der Waals surface area contributed by atoms with Gasteiger partial charge in [0.1, 0.15) is 24.2 Å². The molecule has 0 fully saturated rings. The quantitative estimate of drug-likeness (QED) is 0.272. The van der Waals surface area contributed by atoms with E-state index < -0.39 is 34.3 Å². The summed E-state index contributed by atoms with van der Waals surface area (Å²) in [4.78, 5) is 28.8. The van der Waals surface area contributed by atoms with Crippen LogP contribution in [0.2, 0.25) is 0 Å². The lowest BCUT2D eigenvalue weighted by atomic mass is 10.1. The van der Waals surface area contributed by atoms with Crippen LogP contribution < -0.4 is 14.4 Å². The maximum absolute atomic E-state index is 14.1. The number of nitrogens with one attached hydrogen (secondary N) is 1. The first-order valence-electron chi connectivity index (χ1n) is 14.1. The van der Waals surface area contributed by atoms with E-state index in [2.05, 4.69) is 5.32 Å². The number of hydrogen-bond acceptors (Lipinski definition) is 5. The summed E-state index contributed by atoms with van der Waals surface area (Å²) in [6.45, 7) is 9.87. The summed E-state index contributed by atoms with van der Waals surface area (Å²) in [6.07, 6.45) is 0.323. The van der Waals surface area contributed by atoms with Crippen molar-refractivity contribution >= 4 is 27.5 Å². The van der Waals surface area contributed by atoms with Gasteiger partial charge in [-0.3, -0.25) is 13.9 Å². The molecule has 0 aromatic heterocycles. The van der Waals surface area contributed by atoms with E-state index in [1.807, 2.05) is 58.9 Å². The van der Waals surface area contributed by atoms with Gasteiger partial charge in [-0.25, -0.2) is 12.8 Å². The third-order valence-electron chi connectivity index (χ3n) is 6.79. The van der Waals surface area contributed by atoms with Gasteiger partial charge in [0, 0.05) is 13.1 Å². The van der Waals surface area contributed by atoms with Gasteiger partial charge in [0.25, 0.3) is 10.0 Å². The second-order valence-corrected chi connectivity index (χ2v) is 12.3. The van der Waals surface area contributed by atoms with Crippen molar-refractivity contribution in [3.63, 3.8) is 0 Å². The minimum absolute atomic E-state index is 0.0600. The lowest BCUT2D eigenvalue weighted by Crippen LogP contribution is -2.52. The molecule has 3 aromatic carbocycles. The van der Waals surface area contributed by atoms with Gasteiger partial charge in [-0.2, -0.15) is 0 Å². The summed E-state index contributed by atoms with van der Waals surface area (Å²) in [5.74, 6) is -0.708. The summed E-state index contributed by atoms with van der Waals surface area (Å²) in [5.41, 5.74) is 1.89. The molecule has 226 valence electrons. The Morgan fingerprint density at radius 2 is 1.60 bits per heavy atom. The Kier molecular flexibility index (Phi) is 11.5. The maximum Gasteiger partial charge on any atom is 0.264 e. The minimum Gasteiger partial charge on any atom is -0.494 e.